The van der Waals surface area contributed by atoms with Crippen molar-refractivity contribution in [2.45, 2.75) is 44.8 Å². The molecule has 1 saturated heterocycles. The molecule has 1 heterocycles. The number of carbonyl (C=O) groups is 1. The predicted molar refractivity (Wildman–Crippen MR) is 58.2 cm³/mol. The Kier molecular flexibility index (Phi) is 4.80. The van der Waals surface area contributed by atoms with Gasteiger partial charge < -0.3 is 10.6 Å². The summed E-state index contributed by atoms with van der Waals surface area (Å²) in [5.74, 6) is -0.186. The first-order valence-corrected chi connectivity index (χ1v) is 5.89. The van der Waals surface area contributed by atoms with Crippen molar-refractivity contribution >= 4 is 5.91 Å². The molecule has 1 fully saturated rings. The summed E-state index contributed by atoms with van der Waals surface area (Å²) in [4.78, 5) is 13.3. The lowest BCUT2D eigenvalue weighted by molar-refractivity contribution is -0.151. The molecule has 0 spiro atoms. The number of amides is 1. The van der Waals surface area contributed by atoms with E-state index in [1.165, 1.54) is 0 Å². The minimum atomic E-state index is -4.26. The maximum Gasteiger partial charge on any atom is 0.389 e. The van der Waals surface area contributed by atoms with E-state index in [1.807, 2.05) is 6.92 Å². The van der Waals surface area contributed by atoms with E-state index in [4.69, 9.17) is 5.73 Å². The number of piperidine rings is 1. The first-order valence-electron chi connectivity index (χ1n) is 5.89. The highest BCUT2D eigenvalue weighted by atomic mass is 19.4. The van der Waals surface area contributed by atoms with E-state index in [0.717, 1.165) is 12.8 Å². The molecule has 1 aliphatic heterocycles. The summed E-state index contributed by atoms with van der Waals surface area (Å²) in [6.45, 7) is 2.85. The zero-order valence-electron chi connectivity index (χ0n) is 9.96. The molecular weight excluding hydrogens is 233 g/mol. The van der Waals surface area contributed by atoms with Crippen LogP contribution in [0.3, 0.4) is 0 Å². The molecule has 2 unspecified atom stereocenters. The zero-order valence-corrected chi connectivity index (χ0v) is 9.96. The second kappa shape index (κ2) is 5.71. The molecule has 0 saturated carbocycles. The Morgan fingerprint density at radius 2 is 2.06 bits per heavy atom. The van der Waals surface area contributed by atoms with Gasteiger partial charge in [-0.2, -0.15) is 13.2 Å². The first kappa shape index (κ1) is 14.3. The molecule has 100 valence electrons. The molecule has 17 heavy (non-hydrogen) atoms. The lowest BCUT2D eigenvalue weighted by Gasteiger charge is -2.37. The number of hydrogen-bond acceptors (Lipinski definition) is 2. The highest BCUT2D eigenvalue weighted by molar-refractivity contribution is 5.76. The third-order valence-electron chi connectivity index (χ3n) is 3.26. The van der Waals surface area contributed by atoms with Gasteiger partial charge in [0.25, 0.3) is 0 Å². The minimum Gasteiger partial charge on any atom is -0.340 e. The van der Waals surface area contributed by atoms with Crippen LogP contribution in [0.2, 0.25) is 0 Å². The molecule has 0 aromatic rings. The maximum atomic E-state index is 12.0. The summed E-state index contributed by atoms with van der Waals surface area (Å²) in [7, 11) is 0. The van der Waals surface area contributed by atoms with E-state index in [-0.39, 0.29) is 12.0 Å². The second-order valence-electron chi connectivity index (χ2n) is 4.69. The van der Waals surface area contributed by atoms with Crippen molar-refractivity contribution in [1.29, 1.82) is 0 Å². The third-order valence-corrected chi connectivity index (χ3v) is 3.26. The Balaban J connectivity index is 2.49. The highest BCUT2D eigenvalue weighted by Gasteiger charge is 2.32. The number of halogens is 3. The largest absolute Gasteiger partial charge is 0.389 e. The molecular formula is C11H19F3N2O. The molecule has 6 heteroatoms. The number of nitrogens with zero attached hydrogens (tertiary/aromatic N) is 1. The Bertz CT molecular complexity index is 268. The summed E-state index contributed by atoms with van der Waals surface area (Å²) in [5.41, 5.74) is 5.54. The zero-order chi connectivity index (χ0) is 13.1. The van der Waals surface area contributed by atoms with Crippen LogP contribution in [-0.2, 0) is 4.79 Å². The van der Waals surface area contributed by atoms with Crippen LogP contribution in [0.15, 0.2) is 0 Å². The fourth-order valence-corrected chi connectivity index (χ4v) is 2.11. The maximum absolute atomic E-state index is 12.0. The molecule has 1 aliphatic rings. The fraction of sp³-hybridized carbons (Fsp3) is 0.909. The van der Waals surface area contributed by atoms with Crippen LogP contribution in [0.4, 0.5) is 13.2 Å². The van der Waals surface area contributed by atoms with Gasteiger partial charge in [0.1, 0.15) is 0 Å². The molecule has 0 aromatic carbocycles. The molecule has 2 atom stereocenters. The minimum absolute atomic E-state index is 0.0264. The summed E-state index contributed by atoms with van der Waals surface area (Å²) < 4.78 is 36.1. The van der Waals surface area contributed by atoms with Gasteiger partial charge in [-0.05, 0) is 32.2 Å². The van der Waals surface area contributed by atoms with E-state index < -0.39 is 24.9 Å². The van der Waals surface area contributed by atoms with Gasteiger partial charge >= 0.3 is 6.18 Å². The quantitative estimate of drug-likeness (QED) is 0.834. The molecule has 0 aliphatic carbocycles. The fourth-order valence-electron chi connectivity index (χ4n) is 2.11. The summed E-state index contributed by atoms with van der Waals surface area (Å²) in [5, 5.41) is 0. The van der Waals surface area contributed by atoms with Crippen molar-refractivity contribution in [3.05, 3.63) is 0 Å². The molecule has 0 aromatic heterocycles. The van der Waals surface area contributed by atoms with Crippen molar-refractivity contribution in [2.75, 3.05) is 13.1 Å². The number of alkyl halides is 3. The van der Waals surface area contributed by atoms with E-state index in [0.29, 0.717) is 13.1 Å². The lowest BCUT2D eigenvalue weighted by atomic mass is 9.93. The Labute approximate surface area is 99.1 Å². The van der Waals surface area contributed by atoms with E-state index in [1.54, 1.807) is 4.90 Å². The molecule has 2 N–H and O–H groups in total. The Morgan fingerprint density at radius 1 is 1.41 bits per heavy atom. The van der Waals surface area contributed by atoms with Crippen LogP contribution in [0.5, 0.6) is 0 Å². The van der Waals surface area contributed by atoms with Crippen LogP contribution in [0.25, 0.3) is 0 Å². The van der Waals surface area contributed by atoms with Crippen molar-refractivity contribution in [3.8, 4) is 0 Å². The van der Waals surface area contributed by atoms with E-state index >= 15 is 0 Å². The standard InChI is InChI=1S/C11H19F3N2O/c1-8-2-3-9(6-15)7-16(8)10(17)4-5-11(12,13)14/h8-9H,2-7,15H2,1H3. The first-order chi connectivity index (χ1) is 7.83. The highest BCUT2D eigenvalue weighted by Crippen LogP contribution is 2.25. The summed E-state index contributed by atoms with van der Waals surface area (Å²) in [6.07, 6.45) is -3.99. The monoisotopic (exact) mass is 252 g/mol. The van der Waals surface area contributed by atoms with Crippen LogP contribution in [0, 0.1) is 5.92 Å². The SMILES string of the molecule is CC1CCC(CN)CN1C(=O)CCC(F)(F)F. The van der Waals surface area contributed by atoms with Gasteiger partial charge in [0.05, 0.1) is 6.42 Å². The summed E-state index contributed by atoms with van der Waals surface area (Å²) >= 11 is 0. The topological polar surface area (TPSA) is 46.3 Å². The van der Waals surface area contributed by atoms with Crippen LogP contribution >= 0.6 is 0 Å². The van der Waals surface area contributed by atoms with Gasteiger partial charge in [0.15, 0.2) is 0 Å². The Hall–Kier alpha value is -0.780. The molecule has 1 amide bonds. The number of rotatable bonds is 3. The van der Waals surface area contributed by atoms with Gasteiger partial charge in [-0.25, -0.2) is 0 Å². The summed E-state index contributed by atoms with van der Waals surface area (Å²) in [6, 6.07) is 0.0264. The van der Waals surface area contributed by atoms with Gasteiger partial charge in [0, 0.05) is 19.0 Å². The predicted octanol–water partition coefficient (Wildman–Crippen LogP) is 1.91. The van der Waals surface area contributed by atoms with Crippen molar-refractivity contribution < 1.29 is 18.0 Å². The van der Waals surface area contributed by atoms with Crippen LogP contribution < -0.4 is 5.73 Å². The molecule has 1 rings (SSSR count). The van der Waals surface area contributed by atoms with Gasteiger partial charge in [-0.1, -0.05) is 0 Å². The average molecular weight is 252 g/mol. The smallest absolute Gasteiger partial charge is 0.340 e. The van der Waals surface area contributed by atoms with Crippen molar-refractivity contribution in [2.24, 2.45) is 11.7 Å². The lowest BCUT2D eigenvalue weighted by Crippen LogP contribution is -2.47. The number of nitrogens with two attached hydrogens (primary N) is 1. The molecule has 3 nitrogen and oxygen atoms in total. The van der Waals surface area contributed by atoms with Crippen molar-refractivity contribution in [1.82, 2.24) is 4.90 Å². The molecule has 0 bridgehead atoms. The normalized spacial score (nSPS) is 26.1. The van der Waals surface area contributed by atoms with Gasteiger partial charge in [-0.3, -0.25) is 4.79 Å². The van der Waals surface area contributed by atoms with Crippen molar-refractivity contribution in [3.63, 3.8) is 0 Å². The molecule has 0 radical (unpaired) electrons. The number of likely N-dealkylation sites (tertiary alicyclic amines) is 1. The average Bonchev–Trinajstić information content (AvgIpc) is 2.25. The number of hydrogen-bond donors (Lipinski definition) is 1. The van der Waals surface area contributed by atoms with Crippen LogP contribution in [-0.4, -0.2) is 36.1 Å². The van der Waals surface area contributed by atoms with Gasteiger partial charge in [0.2, 0.25) is 5.91 Å². The van der Waals surface area contributed by atoms with Crippen LogP contribution in [0.1, 0.15) is 32.6 Å². The van der Waals surface area contributed by atoms with Gasteiger partial charge in [-0.15, -0.1) is 0 Å². The third kappa shape index (κ3) is 4.53. The van der Waals surface area contributed by atoms with E-state index in [2.05, 4.69) is 0 Å². The number of carbonyl (C=O) groups excluding carboxylic acids is 1. The Morgan fingerprint density at radius 3 is 2.59 bits per heavy atom. The second-order valence-corrected chi connectivity index (χ2v) is 4.69. The van der Waals surface area contributed by atoms with E-state index in [9.17, 15) is 18.0 Å².